The lowest BCUT2D eigenvalue weighted by molar-refractivity contribution is 0.456. The summed E-state index contributed by atoms with van der Waals surface area (Å²) in [5, 5.41) is 1.09. The van der Waals surface area contributed by atoms with E-state index >= 15 is 0 Å². The maximum atomic E-state index is 4.86. The molecule has 0 spiro atoms. The third-order valence-electron chi connectivity index (χ3n) is 3.54. The number of thioether (sulfide) groups is 1. The standard InChI is InChI=1S/C16H23BrN4S/c1-4-20(5-2)15(18-14-9-7-13(17)8-10-14)19-16-21(6-3)11-12-22-16/h7-10H,4-6,11-12H2,1-3H3/b18-15-,19-16+. The van der Waals surface area contributed by atoms with Gasteiger partial charge in [0.1, 0.15) is 0 Å². The molecule has 0 aliphatic carbocycles. The summed E-state index contributed by atoms with van der Waals surface area (Å²) < 4.78 is 1.06. The van der Waals surface area contributed by atoms with Gasteiger partial charge in [0, 0.05) is 36.4 Å². The van der Waals surface area contributed by atoms with Crippen molar-refractivity contribution in [3.63, 3.8) is 0 Å². The second-order valence-corrected chi connectivity index (χ2v) is 6.86. The fraction of sp³-hybridized carbons (Fsp3) is 0.500. The van der Waals surface area contributed by atoms with Gasteiger partial charge in [-0.25, -0.2) is 4.99 Å². The Labute approximate surface area is 145 Å². The molecule has 1 aliphatic heterocycles. The summed E-state index contributed by atoms with van der Waals surface area (Å²) >= 11 is 5.28. The van der Waals surface area contributed by atoms with Crippen LogP contribution in [-0.4, -0.2) is 52.9 Å². The number of hydrogen-bond acceptors (Lipinski definition) is 2. The fourth-order valence-corrected chi connectivity index (χ4v) is 3.53. The van der Waals surface area contributed by atoms with Crippen LogP contribution in [-0.2, 0) is 0 Å². The Morgan fingerprint density at radius 1 is 1.23 bits per heavy atom. The van der Waals surface area contributed by atoms with Gasteiger partial charge in [0.25, 0.3) is 0 Å². The van der Waals surface area contributed by atoms with E-state index in [4.69, 9.17) is 9.98 Å². The van der Waals surface area contributed by atoms with E-state index in [1.54, 1.807) is 0 Å². The molecular formula is C16H23BrN4S. The Hall–Kier alpha value is -1.01. The largest absolute Gasteiger partial charge is 0.351 e. The summed E-state index contributed by atoms with van der Waals surface area (Å²) in [6, 6.07) is 8.03. The fourth-order valence-electron chi connectivity index (χ4n) is 2.22. The van der Waals surface area contributed by atoms with Crippen LogP contribution in [0.15, 0.2) is 38.7 Å². The third kappa shape index (κ3) is 4.49. The van der Waals surface area contributed by atoms with Gasteiger partial charge in [0.05, 0.1) is 5.69 Å². The van der Waals surface area contributed by atoms with E-state index in [-0.39, 0.29) is 0 Å². The first-order valence-corrected chi connectivity index (χ1v) is 9.51. The second kappa shape index (κ2) is 8.58. The average Bonchev–Trinajstić information content (AvgIpc) is 2.98. The normalized spacial score (nSPS) is 17.4. The van der Waals surface area contributed by atoms with Gasteiger partial charge in [-0.15, -0.1) is 0 Å². The summed E-state index contributed by atoms with van der Waals surface area (Å²) in [6.07, 6.45) is 0. The highest BCUT2D eigenvalue weighted by Gasteiger charge is 2.19. The van der Waals surface area contributed by atoms with Crippen LogP contribution in [0.4, 0.5) is 5.69 Å². The Kier molecular flexibility index (Phi) is 6.76. The summed E-state index contributed by atoms with van der Waals surface area (Å²) in [5.74, 6) is 1.91. The minimum absolute atomic E-state index is 0.801. The van der Waals surface area contributed by atoms with Gasteiger partial charge in [-0.05, 0) is 45.0 Å². The van der Waals surface area contributed by atoms with Crippen molar-refractivity contribution in [3.05, 3.63) is 28.7 Å². The average molecular weight is 383 g/mol. The van der Waals surface area contributed by atoms with Crippen molar-refractivity contribution in [2.24, 2.45) is 9.98 Å². The zero-order valence-corrected chi connectivity index (χ0v) is 15.8. The van der Waals surface area contributed by atoms with Crippen LogP contribution in [0.2, 0.25) is 0 Å². The number of benzene rings is 1. The molecule has 0 saturated carbocycles. The zero-order chi connectivity index (χ0) is 15.9. The molecule has 1 aromatic carbocycles. The molecule has 1 aromatic rings. The molecule has 0 aromatic heterocycles. The zero-order valence-electron chi connectivity index (χ0n) is 13.4. The van der Waals surface area contributed by atoms with E-state index in [1.165, 1.54) is 0 Å². The van der Waals surface area contributed by atoms with Crippen molar-refractivity contribution in [2.75, 3.05) is 31.9 Å². The van der Waals surface area contributed by atoms with Crippen LogP contribution < -0.4 is 0 Å². The van der Waals surface area contributed by atoms with Gasteiger partial charge in [-0.2, -0.15) is 4.99 Å². The lowest BCUT2D eigenvalue weighted by Gasteiger charge is -2.22. The minimum Gasteiger partial charge on any atom is -0.351 e. The molecule has 1 fully saturated rings. The molecule has 120 valence electrons. The summed E-state index contributed by atoms with van der Waals surface area (Å²) in [6.45, 7) is 10.3. The molecule has 1 saturated heterocycles. The molecule has 1 heterocycles. The molecule has 4 nitrogen and oxygen atoms in total. The van der Waals surface area contributed by atoms with E-state index in [9.17, 15) is 0 Å². The monoisotopic (exact) mass is 382 g/mol. The number of guanidine groups is 1. The van der Waals surface area contributed by atoms with Crippen molar-refractivity contribution >= 4 is 44.5 Å². The van der Waals surface area contributed by atoms with Crippen molar-refractivity contribution < 1.29 is 0 Å². The number of nitrogens with zero attached hydrogens (tertiary/aromatic N) is 4. The van der Waals surface area contributed by atoms with E-state index in [0.29, 0.717) is 0 Å². The van der Waals surface area contributed by atoms with Crippen LogP contribution in [0, 0.1) is 0 Å². The van der Waals surface area contributed by atoms with Crippen molar-refractivity contribution in [1.82, 2.24) is 9.80 Å². The van der Waals surface area contributed by atoms with Crippen molar-refractivity contribution in [3.8, 4) is 0 Å². The minimum atomic E-state index is 0.801. The van der Waals surface area contributed by atoms with Gasteiger partial charge in [-0.3, -0.25) is 0 Å². The van der Waals surface area contributed by atoms with Crippen molar-refractivity contribution in [1.29, 1.82) is 0 Å². The highest BCUT2D eigenvalue weighted by atomic mass is 79.9. The molecule has 2 rings (SSSR count). The number of amidine groups is 1. The highest BCUT2D eigenvalue weighted by Crippen LogP contribution is 2.21. The smallest absolute Gasteiger partial charge is 0.228 e. The summed E-state index contributed by atoms with van der Waals surface area (Å²) in [7, 11) is 0. The Bertz CT molecular complexity index is 538. The van der Waals surface area contributed by atoms with Gasteiger partial charge in [0.2, 0.25) is 5.96 Å². The number of aliphatic imine (C=N–C) groups is 2. The molecule has 0 radical (unpaired) electrons. The van der Waals surface area contributed by atoms with Crippen LogP contribution in [0.25, 0.3) is 0 Å². The van der Waals surface area contributed by atoms with Crippen LogP contribution >= 0.6 is 27.7 Å². The molecule has 0 atom stereocenters. The van der Waals surface area contributed by atoms with Crippen LogP contribution in [0.5, 0.6) is 0 Å². The topological polar surface area (TPSA) is 31.2 Å². The SMILES string of the molecule is CCN(CC)C(=N\c1ccc(Br)cc1)/N=C1/SCCN1CC. The molecule has 0 amide bonds. The third-order valence-corrected chi connectivity index (χ3v) is 5.07. The first-order chi connectivity index (χ1) is 10.7. The van der Waals surface area contributed by atoms with Gasteiger partial charge in [0.15, 0.2) is 5.17 Å². The maximum absolute atomic E-state index is 4.86. The maximum Gasteiger partial charge on any atom is 0.228 e. The molecular weight excluding hydrogens is 360 g/mol. The second-order valence-electron chi connectivity index (χ2n) is 4.88. The van der Waals surface area contributed by atoms with Crippen LogP contribution in [0.1, 0.15) is 20.8 Å². The lowest BCUT2D eigenvalue weighted by atomic mass is 10.3. The Morgan fingerprint density at radius 2 is 1.91 bits per heavy atom. The molecule has 6 heteroatoms. The molecule has 1 aliphatic rings. The summed E-state index contributed by atoms with van der Waals surface area (Å²) in [5.41, 5.74) is 0.931. The van der Waals surface area contributed by atoms with E-state index in [1.807, 2.05) is 36.0 Å². The van der Waals surface area contributed by atoms with Gasteiger partial charge < -0.3 is 9.80 Å². The predicted molar refractivity (Wildman–Crippen MR) is 101 cm³/mol. The first kappa shape index (κ1) is 17.3. The summed E-state index contributed by atoms with van der Waals surface area (Å²) in [4.78, 5) is 14.1. The van der Waals surface area contributed by atoms with Crippen molar-refractivity contribution in [2.45, 2.75) is 20.8 Å². The first-order valence-electron chi connectivity index (χ1n) is 7.73. The number of halogens is 1. The number of rotatable bonds is 4. The van der Waals surface area contributed by atoms with Gasteiger partial charge in [-0.1, -0.05) is 27.7 Å². The van der Waals surface area contributed by atoms with E-state index < -0.39 is 0 Å². The molecule has 0 N–H and O–H groups in total. The molecule has 22 heavy (non-hydrogen) atoms. The predicted octanol–water partition coefficient (Wildman–Crippen LogP) is 4.20. The lowest BCUT2D eigenvalue weighted by Crippen LogP contribution is -2.32. The quantitative estimate of drug-likeness (QED) is 0.577. The molecule has 0 unspecified atom stereocenters. The Balaban J connectivity index is 2.34. The molecule has 0 bridgehead atoms. The van der Waals surface area contributed by atoms with Gasteiger partial charge >= 0.3 is 0 Å². The van der Waals surface area contributed by atoms with E-state index in [2.05, 4.69) is 46.5 Å². The number of hydrogen-bond donors (Lipinski definition) is 0. The highest BCUT2D eigenvalue weighted by molar-refractivity contribution is 9.10. The van der Waals surface area contributed by atoms with Crippen LogP contribution in [0.3, 0.4) is 0 Å². The Morgan fingerprint density at radius 3 is 2.50 bits per heavy atom. The van der Waals surface area contributed by atoms with E-state index in [0.717, 1.165) is 53.2 Å².